The van der Waals surface area contributed by atoms with Gasteiger partial charge in [-0.3, -0.25) is 19.6 Å². The van der Waals surface area contributed by atoms with Crippen molar-refractivity contribution in [3.05, 3.63) is 102 Å². The van der Waals surface area contributed by atoms with Gasteiger partial charge in [0.1, 0.15) is 0 Å². The molecule has 0 fully saturated rings. The van der Waals surface area contributed by atoms with E-state index in [1.54, 1.807) is 30.5 Å². The number of benzene rings is 2. The Bertz CT molecular complexity index is 1500. The normalized spacial score (nSPS) is 14.5. The van der Waals surface area contributed by atoms with E-state index in [1.165, 1.54) is 29.4 Å². The Labute approximate surface area is 204 Å². The number of alkyl halides is 3. The van der Waals surface area contributed by atoms with E-state index in [0.29, 0.717) is 16.8 Å². The molecule has 3 heterocycles. The number of fused-ring (bicyclic) bond motifs is 2. The average Bonchev–Trinajstić information content (AvgIpc) is 2.88. The summed E-state index contributed by atoms with van der Waals surface area (Å²) in [6, 6.07) is 15.4. The Morgan fingerprint density at radius 1 is 1.00 bits per heavy atom. The number of amides is 2. The number of halogens is 3. The van der Waals surface area contributed by atoms with E-state index < -0.39 is 23.6 Å². The summed E-state index contributed by atoms with van der Waals surface area (Å²) < 4.78 is 40.4. The van der Waals surface area contributed by atoms with Crippen molar-refractivity contribution in [1.29, 1.82) is 0 Å². The minimum absolute atomic E-state index is 0.0962. The van der Waals surface area contributed by atoms with Gasteiger partial charge in [0.2, 0.25) is 5.91 Å². The first kappa shape index (κ1) is 23.2. The van der Waals surface area contributed by atoms with Crippen LogP contribution in [0.25, 0.3) is 16.5 Å². The Balaban J connectivity index is 1.48. The number of nitrogens with one attached hydrogen (secondary N) is 1. The van der Waals surface area contributed by atoms with E-state index in [4.69, 9.17) is 0 Å². The number of nitrogens with zero attached hydrogens (tertiary/aromatic N) is 3. The van der Waals surface area contributed by atoms with Crippen molar-refractivity contribution in [2.45, 2.75) is 12.6 Å². The van der Waals surface area contributed by atoms with E-state index in [0.717, 1.165) is 23.0 Å². The summed E-state index contributed by atoms with van der Waals surface area (Å²) in [4.78, 5) is 35.4. The van der Waals surface area contributed by atoms with Crippen LogP contribution in [-0.4, -0.2) is 28.3 Å². The lowest BCUT2D eigenvalue weighted by molar-refractivity contribution is -0.137. The maximum atomic E-state index is 13.5. The molecule has 0 spiro atoms. The first-order valence-corrected chi connectivity index (χ1v) is 11.1. The van der Waals surface area contributed by atoms with Crippen molar-refractivity contribution < 1.29 is 22.8 Å². The van der Waals surface area contributed by atoms with E-state index in [9.17, 15) is 22.8 Å². The standard InChI is InChI=1S/C27H19F3N4O2/c28-27(29,30)20-6-8-22-18(9-12-34(24(22)14-20)26(36)19-4-1-10-31-16-19)13-25(35)33-21-7-5-17-3-2-11-32-23(17)15-21/h1-8,10-11,13-16H,9,12H2,(H,33,35)/b18-13+. The second-order valence-corrected chi connectivity index (χ2v) is 8.25. The Morgan fingerprint density at radius 3 is 2.61 bits per heavy atom. The molecule has 0 aliphatic carbocycles. The van der Waals surface area contributed by atoms with Gasteiger partial charge in [0.25, 0.3) is 5.91 Å². The maximum Gasteiger partial charge on any atom is 0.416 e. The smallest absolute Gasteiger partial charge is 0.322 e. The summed E-state index contributed by atoms with van der Waals surface area (Å²) in [5, 5.41) is 3.71. The monoisotopic (exact) mass is 488 g/mol. The molecule has 36 heavy (non-hydrogen) atoms. The summed E-state index contributed by atoms with van der Waals surface area (Å²) in [6.07, 6.45) is 1.60. The van der Waals surface area contributed by atoms with Crippen LogP contribution in [0.4, 0.5) is 24.5 Å². The van der Waals surface area contributed by atoms with Crippen LogP contribution in [-0.2, 0) is 11.0 Å². The number of rotatable bonds is 3. The fraction of sp³-hybridized carbons (Fsp3) is 0.111. The third-order valence-electron chi connectivity index (χ3n) is 5.90. The Hall–Kier alpha value is -4.53. The van der Waals surface area contributed by atoms with E-state index in [2.05, 4.69) is 15.3 Å². The lowest BCUT2D eigenvalue weighted by atomic mass is 9.93. The fourth-order valence-corrected chi connectivity index (χ4v) is 4.18. The van der Waals surface area contributed by atoms with Gasteiger partial charge in [-0.25, -0.2) is 0 Å². The minimum atomic E-state index is -4.58. The van der Waals surface area contributed by atoms with Crippen LogP contribution >= 0.6 is 0 Å². The van der Waals surface area contributed by atoms with Gasteiger partial charge in [-0.05, 0) is 54.5 Å². The molecule has 1 N–H and O–H groups in total. The summed E-state index contributed by atoms with van der Waals surface area (Å²) >= 11 is 0. The molecule has 1 aliphatic rings. The van der Waals surface area contributed by atoms with Crippen LogP contribution in [0.15, 0.2) is 85.3 Å². The molecule has 2 aromatic heterocycles. The fourth-order valence-electron chi connectivity index (χ4n) is 4.18. The molecule has 0 saturated heterocycles. The highest BCUT2D eigenvalue weighted by Gasteiger charge is 2.34. The summed E-state index contributed by atoms with van der Waals surface area (Å²) in [5.74, 6) is -0.894. The number of carbonyl (C=O) groups excluding carboxylic acids is 2. The van der Waals surface area contributed by atoms with Gasteiger partial charge >= 0.3 is 6.18 Å². The van der Waals surface area contributed by atoms with Gasteiger partial charge < -0.3 is 10.2 Å². The molecule has 2 aromatic carbocycles. The van der Waals surface area contributed by atoms with Crippen LogP contribution in [0.1, 0.15) is 27.9 Å². The van der Waals surface area contributed by atoms with Gasteiger partial charge in [-0.1, -0.05) is 18.2 Å². The molecule has 4 aromatic rings. The highest BCUT2D eigenvalue weighted by molar-refractivity contribution is 6.10. The van der Waals surface area contributed by atoms with Crippen molar-refractivity contribution in [3.8, 4) is 0 Å². The largest absolute Gasteiger partial charge is 0.416 e. The zero-order valence-corrected chi connectivity index (χ0v) is 18.8. The van der Waals surface area contributed by atoms with E-state index in [-0.39, 0.29) is 24.2 Å². The van der Waals surface area contributed by atoms with Crippen LogP contribution in [0, 0.1) is 0 Å². The first-order chi connectivity index (χ1) is 17.3. The third-order valence-corrected chi connectivity index (χ3v) is 5.90. The lowest BCUT2D eigenvalue weighted by Gasteiger charge is -2.31. The Kier molecular flexibility index (Phi) is 5.97. The number of anilines is 2. The first-order valence-electron chi connectivity index (χ1n) is 11.1. The van der Waals surface area contributed by atoms with Crippen LogP contribution < -0.4 is 10.2 Å². The number of carbonyl (C=O) groups is 2. The van der Waals surface area contributed by atoms with Crippen molar-refractivity contribution in [1.82, 2.24) is 9.97 Å². The lowest BCUT2D eigenvalue weighted by Crippen LogP contribution is -2.35. The highest BCUT2D eigenvalue weighted by Crippen LogP contribution is 2.40. The zero-order valence-electron chi connectivity index (χ0n) is 18.8. The number of pyridine rings is 2. The summed E-state index contributed by atoms with van der Waals surface area (Å²) in [7, 11) is 0. The van der Waals surface area contributed by atoms with Gasteiger partial charge in [-0.2, -0.15) is 13.2 Å². The van der Waals surface area contributed by atoms with Crippen LogP contribution in [0.5, 0.6) is 0 Å². The van der Waals surface area contributed by atoms with Gasteiger partial charge in [0.05, 0.1) is 22.3 Å². The topological polar surface area (TPSA) is 75.2 Å². The van der Waals surface area contributed by atoms with Crippen molar-refractivity contribution in [2.75, 3.05) is 16.8 Å². The molecule has 0 saturated carbocycles. The SMILES string of the molecule is O=C(/C=C1\CCN(C(=O)c2cccnc2)c2cc(C(F)(F)F)ccc21)Nc1ccc2cccnc2c1. The number of aromatic nitrogens is 2. The molecule has 0 unspecified atom stereocenters. The molecule has 9 heteroatoms. The predicted molar refractivity (Wildman–Crippen MR) is 130 cm³/mol. The average molecular weight is 488 g/mol. The third kappa shape index (κ3) is 4.68. The molecule has 0 atom stereocenters. The van der Waals surface area contributed by atoms with Gasteiger partial charge in [-0.15, -0.1) is 0 Å². The highest BCUT2D eigenvalue weighted by atomic mass is 19.4. The molecule has 180 valence electrons. The molecule has 0 bridgehead atoms. The van der Waals surface area contributed by atoms with Crippen molar-refractivity contribution in [2.24, 2.45) is 0 Å². The van der Waals surface area contributed by atoms with Crippen LogP contribution in [0.2, 0.25) is 0 Å². The van der Waals surface area contributed by atoms with Crippen LogP contribution in [0.3, 0.4) is 0 Å². The summed E-state index contributed by atoms with van der Waals surface area (Å²) in [6.45, 7) is 0.112. The molecule has 6 nitrogen and oxygen atoms in total. The quantitative estimate of drug-likeness (QED) is 0.374. The summed E-state index contributed by atoms with van der Waals surface area (Å²) in [5.41, 5.74) is 1.66. The van der Waals surface area contributed by atoms with E-state index in [1.807, 2.05) is 18.2 Å². The second kappa shape index (κ2) is 9.26. The molecule has 1 aliphatic heterocycles. The predicted octanol–water partition coefficient (Wildman–Crippen LogP) is 5.72. The minimum Gasteiger partial charge on any atom is -0.322 e. The molecular weight excluding hydrogens is 469 g/mol. The van der Waals surface area contributed by atoms with E-state index >= 15 is 0 Å². The second-order valence-electron chi connectivity index (χ2n) is 8.25. The maximum absolute atomic E-state index is 13.5. The van der Waals surface area contributed by atoms with Crippen molar-refractivity contribution >= 4 is 39.7 Å². The van der Waals surface area contributed by atoms with Gasteiger partial charge in [0, 0.05) is 47.8 Å². The molecule has 5 rings (SSSR count). The molecular formula is C27H19F3N4O2. The Morgan fingerprint density at radius 2 is 1.83 bits per heavy atom. The number of hydrogen-bond donors (Lipinski definition) is 1. The molecule has 0 radical (unpaired) electrons. The van der Waals surface area contributed by atoms with Gasteiger partial charge in [0.15, 0.2) is 0 Å². The van der Waals surface area contributed by atoms with Crippen molar-refractivity contribution in [3.63, 3.8) is 0 Å². The molecule has 2 amide bonds. The zero-order chi connectivity index (χ0) is 25.3. The number of hydrogen-bond acceptors (Lipinski definition) is 4.